The number of halogens is 1. The second-order valence-corrected chi connectivity index (χ2v) is 19.1. The maximum Gasteiger partial charge on any atom is 0.490 e. The van der Waals surface area contributed by atoms with E-state index in [-0.39, 0.29) is 17.2 Å². The van der Waals surface area contributed by atoms with Crippen molar-refractivity contribution in [3.8, 4) is 34.2 Å². The standard InChI is InChI=1S/C25H28BrN5O5.C20H16N6O.C5H6BNO2/c1-24(2,3)35-22(32)30-17-10-8-9-14(13-34-7)18(17)28-21(30)19-16-11-15(26)12-27-20(16)31(29-19)23(33)36-25(4,5)6;1-27-11-13-4-2-6-16-17(13)24-20(23-16)18-15-8-14(10-22-19(15)26-25-18)12-5-3-7-21-9-12;8-6(9)5-2-1-3-7-4-5/h8-12H,13H2,1-7H3;2-10H,11H2,1H3,(H,23,24)(H,22,25,26);1-4,8-9H. The fourth-order valence-corrected chi connectivity index (χ4v) is 7.77. The number of imidazole rings is 2. The van der Waals surface area contributed by atoms with Crippen LogP contribution in [0.1, 0.15) is 52.7 Å². The zero-order chi connectivity index (χ0) is 51.3. The van der Waals surface area contributed by atoms with Crippen molar-refractivity contribution in [2.45, 2.75) is 66.0 Å². The molecule has 0 fully saturated rings. The van der Waals surface area contributed by atoms with Gasteiger partial charge < -0.3 is 34.0 Å². The van der Waals surface area contributed by atoms with Crippen molar-refractivity contribution in [3.05, 3.63) is 126 Å². The van der Waals surface area contributed by atoms with Crippen LogP contribution < -0.4 is 5.46 Å². The first-order valence-corrected chi connectivity index (χ1v) is 23.2. The average molecular weight is 1040 g/mol. The Morgan fingerprint density at radius 2 is 1.42 bits per heavy atom. The maximum atomic E-state index is 13.4. The number of carbonyl (C=O) groups is 2. The fourth-order valence-electron chi connectivity index (χ4n) is 7.44. The summed E-state index contributed by atoms with van der Waals surface area (Å²) < 4.78 is 25.0. The lowest BCUT2D eigenvalue weighted by Gasteiger charge is -2.20. The van der Waals surface area contributed by atoms with Gasteiger partial charge in [-0.3, -0.25) is 15.1 Å². The molecule has 0 aliphatic heterocycles. The van der Waals surface area contributed by atoms with E-state index in [4.69, 9.17) is 39.0 Å². The van der Waals surface area contributed by atoms with Crippen molar-refractivity contribution >= 4 is 84.8 Å². The van der Waals surface area contributed by atoms with Crippen LogP contribution in [-0.4, -0.2) is 114 Å². The van der Waals surface area contributed by atoms with Gasteiger partial charge >= 0.3 is 19.3 Å². The lowest BCUT2D eigenvalue weighted by atomic mass is 9.82. The molecule has 0 spiro atoms. The normalized spacial score (nSPS) is 11.6. The van der Waals surface area contributed by atoms with E-state index < -0.39 is 30.5 Å². The Hall–Kier alpha value is -7.76. The van der Waals surface area contributed by atoms with Crippen LogP contribution in [0, 0.1) is 0 Å². The quantitative estimate of drug-likeness (QED) is 0.104. The molecule has 0 saturated heterocycles. The van der Waals surface area contributed by atoms with Crippen LogP contribution in [-0.2, 0) is 32.2 Å². The molecule has 0 bridgehead atoms. The third kappa shape index (κ3) is 11.4. The zero-order valence-electron chi connectivity index (χ0n) is 40.6. The molecule has 8 aromatic heterocycles. The molecular formula is C50H50BBrN12O8. The summed E-state index contributed by atoms with van der Waals surface area (Å²) in [5.74, 6) is 0.927. The van der Waals surface area contributed by atoms with Crippen LogP contribution in [0.25, 0.3) is 78.3 Å². The highest BCUT2D eigenvalue weighted by atomic mass is 79.9. The molecule has 4 N–H and O–H groups in total. The summed E-state index contributed by atoms with van der Waals surface area (Å²) >= 11 is 3.44. The van der Waals surface area contributed by atoms with E-state index in [1.165, 1.54) is 10.8 Å². The van der Waals surface area contributed by atoms with Gasteiger partial charge in [0.05, 0.1) is 46.1 Å². The molecule has 0 unspecified atom stereocenters. The SMILES string of the molecule is COCc1cccc2[nH]c(-c3[nH]nc4ncc(-c5cccnc5)cc34)nc12.COCc1cccc2c1nc(-c1nn(C(=O)OC(C)(C)C)c3ncc(Br)cc13)n2C(=O)OC(C)(C)C.OB(O)c1cccnc1. The number of para-hydroxylation sites is 2. The van der Waals surface area contributed by atoms with E-state index in [2.05, 4.69) is 62.2 Å². The van der Waals surface area contributed by atoms with Crippen LogP contribution in [0.3, 0.4) is 0 Å². The van der Waals surface area contributed by atoms with Crippen molar-refractivity contribution < 1.29 is 38.6 Å². The number of nitrogens with zero attached hydrogens (tertiary/aromatic N) is 10. The number of fused-ring (bicyclic) bond motifs is 4. The number of aromatic amines is 2. The Balaban J connectivity index is 0.000000168. The highest BCUT2D eigenvalue weighted by Crippen LogP contribution is 2.34. The number of hydrogen-bond acceptors (Lipinski definition) is 16. The molecule has 22 heteroatoms. The number of aromatic nitrogens is 12. The number of methoxy groups -OCH3 is 2. The van der Waals surface area contributed by atoms with Gasteiger partial charge in [-0.05, 0) is 93.9 Å². The van der Waals surface area contributed by atoms with Gasteiger partial charge in [-0.15, -0.1) is 4.68 Å². The molecule has 2 aromatic carbocycles. The molecular weight excluding hydrogens is 987 g/mol. The van der Waals surface area contributed by atoms with E-state index in [9.17, 15) is 9.59 Å². The van der Waals surface area contributed by atoms with Gasteiger partial charge in [-0.2, -0.15) is 10.2 Å². The predicted molar refractivity (Wildman–Crippen MR) is 275 cm³/mol. The van der Waals surface area contributed by atoms with Crippen LogP contribution >= 0.6 is 15.9 Å². The van der Waals surface area contributed by atoms with Crippen molar-refractivity contribution in [2.24, 2.45) is 0 Å². The summed E-state index contributed by atoms with van der Waals surface area (Å²) in [5, 5.41) is 30.4. The summed E-state index contributed by atoms with van der Waals surface area (Å²) in [7, 11) is 1.86. The number of rotatable bonds is 8. The number of pyridine rings is 4. The maximum absolute atomic E-state index is 13.4. The lowest BCUT2D eigenvalue weighted by Crippen LogP contribution is -2.29. The van der Waals surface area contributed by atoms with E-state index in [0.717, 1.165) is 54.9 Å². The lowest BCUT2D eigenvalue weighted by molar-refractivity contribution is 0.0519. The Labute approximate surface area is 421 Å². The van der Waals surface area contributed by atoms with Gasteiger partial charge in [0.15, 0.2) is 22.9 Å². The number of hydrogen-bond donors (Lipinski definition) is 4. The first-order chi connectivity index (χ1) is 34.4. The predicted octanol–water partition coefficient (Wildman–Crippen LogP) is 8.39. The second-order valence-electron chi connectivity index (χ2n) is 18.2. The number of ether oxygens (including phenoxy) is 4. The molecule has 10 aromatic rings. The molecule has 0 amide bonds. The number of H-pyrrole nitrogens is 2. The topological polar surface area (TPSA) is 256 Å². The molecule has 0 aliphatic carbocycles. The van der Waals surface area contributed by atoms with Crippen LogP contribution in [0.5, 0.6) is 0 Å². The molecule has 0 radical (unpaired) electrons. The number of benzene rings is 2. The van der Waals surface area contributed by atoms with Gasteiger partial charge in [-0.25, -0.2) is 34.1 Å². The molecule has 20 nitrogen and oxygen atoms in total. The minimum atomic E-state index is -1.40. The Morgan fingerprint density at radius 1 is 0.736 bits per heavy atom. The van der Waals surface area contributed by atoms with Gasteiger partial charge in [0.25, 0.3) is 0 Å². The van der Waals surface area contributed by atoms with E-state index in [1.54, 1.807) is 105 Å². The zero-order valence-corrected chi connectivity index (χ0v) is 42.2. The minimum absolute atomic E-state index is 0.204. The summed E-state index contributed by atoms with van der Waals surface area (Å²) in [6, 6.07) is 22.5. The summed E-state index contributed by atoms with van der Waals surface area (Å²) in [4.78, 5) is 56.1. The monoisotopic (exact) mass is 1040 g/mol. The summed E-state index contributed by atoms with van der Waals surface area (Å²) in [5.41, 5.74) is 7.66. The molecule has 0 atom stereocenters. The molecule has 8 heterocycles. The molecule has 0 saturated carbocycles. The van der Waals surface area contributed by atoms with E-state index >= 15 is 0 Å². The highest BCUT2D eigenvalue weighted by Gasteiger charge is 2.30. The van der Waals surface area contributed by atoms with E-state index in [1.807, 2.05) is 48.7 Å². The van der Waals surface area contributed by atoms with E-state index in [0.29, 0.717) is 45.2 Å². The average Bonchev–Trinajstić information content (AvgIpc) is 4.15. The Kier molecular flexibility index (Phi) is 15.0. The summed E-state index contributed by atoms with van der Waals surface area (Å²) in [6.45, 7) is 11.5. The van der Waals surface area contributed by atoms with Gasteiger partial charge in [0.2, 0.25) is 0 Å². The Morgan fingerprint density at radius 3 is 2.06 bits per heavy atom. The molecule has 368 valence electrons. The Bertz CT molecular complexity index is 3530. The third-order valence-electron chi connectivity index (χ3n) is 10.4. The van der Waals surface area contributed by atoms with Crippen molar-refractivity contribution in [1.29, 1.82) is 0 Å². The first kappa shape index (κ1) is 50.6. The molecule has 0 aliphatic rings. The van der Waals surface area contributed by atoms with Gasteiger partial charge in [0.1, 0.15) is 22.6 Å². The van der Waals surface area contributed by atoms with Crippen LogP contribution in [0.4, 0.5) is 9.59 Å². The van der Waals surface area contributed by atoms with Crippen molar-refractivity contribution in [3.63, 3.8) is 0 Å². The van der Waals surface area contributed by atoms with Crippen molar-refractivity contribution in [1.82, 2.24) is 59.4 Å². The van der Waals surface area contributed by atoms with Crippen molar-refractivity contribution in [2.75, 3.05) is 14.2 Å². The van der Waals surface area contributed by atoms with Gasteiger partial charge in [-0.1, -0.05) is 36.4 Å². The smallest absolute Gasteiger partial charge is 0.443 e. The van der Waals surface area contributed by atoms with Crippen LogP contribution in [0.2, 0.25) is 0 Å². The first-order valence-electron chi connectivity index (χ1n) is 22.4. The highest BCUT2D eigenvalue weighted by molar-refractivity contribution is 9.10. The summed E-state index contributed by atoms with van der Waals surface area (Å²) in [6.07, 6.45) is 8.59. The second kappa shape index (κ2) is 21.3. The third-order valence-corrected chi connectivity index (χ3v) is 10.9. The van der Waals surface area contributed by atoms with Gasteiger partial charge in [0, 0.05) is 83.6 Å². The molecule has 10 rings (SSSR count). The van der Waals surface area contributed by atoms with Crippen LogP contribution in [0.15, 0.2) is 114 Å². The minimum Gasteiger partial charge on any atom is -0.443 e. The number of nitrogens with one attached hydrogen (secondary N) is 2. The fraction of sp³-hybridized carbons (Fsp3) is 0.240. The number of carbonyl (C=O) groups excluding carboxylic acids is 2. The largest absolute Gasteiger partial charge is 0.490 e. The molecule has 72 heavy (non-hydrogen) atoms.